The van der Waals surface area contributed by atoms with Crippen LogP contribution in [0.15, 0.2) is 18.2 Å². The number of hydrogen-bond acceptors (Lipinski definition) is 6. The molecular formula is C16H22N4OS2. The molecule has 0 amide bonds. The van der Waals surface area contributed by atoms with E-state index >= 15 is 0 Å². The highest BCUT2D eigenvalue weighted by atomic mass is 32.1. The highest BCUT2D eigenvalue weighted by Gasteiger charge is 2.18. The Bertz CT molecular complexity index is 732. The quantitative estimate of drug-likeness (QED) is 0.827. The highest BCUT2D eigenvalue weighted by Crippen LogP contribution is 2.24. The zero-order chi connectivity index (χ0) is 16.4. The van der Waals surface area contributed by atoms with E-state index in [1.807, 2.05) is 4.68 Å². The van der Waals surface area contributed by atoms with Crippen LogP contribution in [0.5, 0.6) is 0 Å². The minimum atomic E-state index is -0.156. The summed E-state index contributed by atoms with van der Waals surface area (Å²) < 4.78 is 2.63. The molecule has 2 aromatic rings. The largest absolute Gasteiger partial charge is 0.393 e. The Balaban J connectivity index is 1.69. The van der Waals surface area contributed by atoms with Gasteiger partial charge in [0.1, 0.15) is 0 Å². The molecule has 124 valence electrons. The van der Waals surface area contributed by atoms with Gasteiger partial charge in [-0.2, -0.15) is 0 Å². The Morgan fingerprint density at radius 2 is 2.09 bits per heavy atom. The maximum absolute atomic E-state index is 9.58. The van der Waals surface area contributed by atoms with Gasteiger partial charge in [0, 0.05) is 18.8 Å². The van der Waals surface area contributed by atoms with Gasteiger partial charge in [-0.1, -0.05) is 29.0 Å². The average molecular weight is 351 g/mol. The summed E-state index contributed by atoms with van der Waals surface area (Å²) in [4.78, 5) is 2.28. The van der Waals surface area contributed by atoms with E-state index in [1.165, 1.54) is 22.5 Å². The summed E-state index contributed by atoms with van der Waals surface area (Å²) in [6.07, 6.45) is 1.49. The third-order valence-corrected chi connectivity index (χ3v) is 5.34. The lowest BCUT2D eigenvalue weighted by Gasteiger charge is -2.28. The van der Waals surface area contributed by atoms with Crippen LogP contribution in [-0.4, -0.2) is 39.0 Å². The van der Waals surface area contributed by atoms with Crippen molar-refractivity contribution in [2.75, 3.05) is 18.4 Å². The van der Waals surface area contributed by atoms with Gasteiger partial charge >= 0.3 is 0 Å². The first-order valence-corrected chi connectivity index (χ1v) is 9.06. The van der Waals surface area contributed by atoms with Gasteiger partial charge in [-0.15, -0.1) is 5.10 Å². The molecule has 3 rings (SSSR count). The lowest BCUT2D eigenvalue weighted by Crippen LogP contribution is -2.37. The van der Waals surface area contributed by atoms with E-state index in [9.17, 15) is 5.11 Å². The molecule has 0 spiro atoms. The van der Waals surface area contributed by atoms with Crippen molar-refractivity contribution in [3.05, 3.63) is 33.3 Å². The second-order valence-electron chi connectivity index (χ2n) is 6.11. The molecule has 0 bridgehead atoms. The van der Waals surface area contributed by atoms with Crippen molar-refractivity contribution in [2.45, 2.75) is 39.5 Å². The van der Waals surface area contributed by atoms with Gasteiger partial charge in [-0.05, 0) is 50.5 Å². The lowest BCUT2D eigenvalue weighted by molar-refractivity contribution is 0.0653. The number of nitrogens with zero attached hydrogens (tertiary/aromatic N) is 3. The van der Waals surface area contributed by atoms with Gasteiger partial charge in [-0.3, -0.25) is 4.90 Å². The predicted octanol–water partition coefficient (Wildman–Crippen LogP) is 3.45. The van der Waals surface area contributed by atoms with E-state index in [4.69, 9.17) is 12.2 Å². The van der Waals surface area contributed by atoms with Crippen molar-refractivity contribution in [2.24, 2.45) is 0 Å². The summed E-state index contributed by atoms with van der Waals surface area (Å²) in [5.74, 6) is 0. The number of aliphatic hydroxyl groups excluding tert-OH is 1. The molecule has 23 heavy (non-hydrogen) atoms. The number of aliphatic hydroxyl groups is 1. The van der Waals surface area contributed by atoms with Crippen LogP contribution in [0.4, 0.5) is 10.8 Å². The second kappa shape index (κ2) is 7.09. The van der Waals surface area contributed by atoms with Crippen LogP contribution >= 0.6 is 23.6 Å². The van der Waals surface area contributed by atoms with Gasteiger partial charge in [0.15, 0.2) is 3.95 Å². The van der Waals surface area contributed by atoms with Gasteiger partial charge in [-0.25, -0.2) is 4.68 Å². The molecule has 1 saturated heterocycles. The van der Waals surface area contributed by atoms with Crippen LogP contribution in [0.25, 0.3) is 0 Å². The number of hydrogen-bond donors (Lipinski definition) is 2. The van der Waals surface area contributed by atoms with Crippen molar-refractivity contribution in [1.29, 1.82) is 0 Å². The number of nitrogens with one attached hydrogen (secondary N) is 1. The van der Waals surface area contributed by atoms with E-state index in [1.54, 1.807) is 0 Å². The van der Waals surface area contributed by atoms with E-state index in [0.717, 1.165) is 40.7 Å². The average Bonchev–Trinajstić information content (AvgIpc) is 2.84. The van der Waals surface area contributed by atoms with E-state index in [0.29, 0.717) is 6.67 Å². The molecular weight excluding hydrogens is 328 g/mol. The van der Waals surface area contributed by atoms with Crippen LogP contribution in [0.3, 0.4) is 0 Å². The Kier molecular flexibility index (Phi) is 5.11. The maximum atomic E-state index is 9.58. The Hall–Kier alpha value is -1.28. The molecule has 0 radical (unpaired) electrons. The van der Waals surface area contributed by atoms with Crippen LogP contribution < -0.4 is 5.32 Å². The standard InChI is InChI=1S/C16H22N4OS2/c1-11-3-4-14(12(2)9-11)17-15-18-20(16(22)23-15)10-19-7-5-13(21)6-8-19/h3-4,9,13,21H,5-8,10H2,1-2H3,(H,17,18). The molecule has 5 nitrogen and oxygen atoms in total. The summed E-state index contributed by atoms with van der Waals surface area (Å²) in [6.45, 7) is 6.65. The molecule has 1 fully saturated rings. The summed E-state index contributed by atoms with van der Waals surface area (Å²) in [5.41, 5.74) is 3.51. The molecule has 0 unspecified atom stereocenters. The number of aromatic nitrogens is 2. The summed E-state index contributed by atoms with van der Waals surface area (Å²) in [5, 5.41) is 18.4. The van der Waals surface area contributed by atoms with Crippen LogP contribution in [0, 0.1) is 17.8 Å². The highest BCUT2D eigenvalue weighted by molar-refractivity contribution is 7.73. The topological polar surface area (TPSA) is 53.3 Å². The maximum Gasteiger partial charge on any atom is 0.209 e. The molecule has 0 saturated carbocycles. The van der Waals surface area contributed by atoms with Crippen molar-refractivity contribution in [3.8, 4) is 0 Å². The van der Waals surface area contributed by atoms with Gasteiger partial charge in [0.2, 0.25) is 5.13 Å². The number of benzene rings is 1. The van der Waals surface area contributed by atoms with E-state index < -0.39 is 0 Å². The first-order chi connectivity index (χ1) is 11.0. The van der Waals surface area contributed by atoms with Crippen LogP contribution in [0.1, 0.15) is 24.0 Å². The molecule has 1 aliphatic rings. The van der Waals surface area contributed by atoms with E-state index in [2.05, 4.69) is 47.4 Å². The van der Waals surface area contributed by atoms with Gasteiger partial charge in [0.25, 0.3) is 0 Å². The van der Waals surface area contributed by atoms with Crippen LogP contribution in [0.2, 0.25) is 0 Å². The molecule has 2 heterocycles. The zero-order valence-electron chi connectivity index (χ0n) is 13.5. The molecule has 1 aromatic heterocycles. The third kappa shape index (κ3) is 4.17. The SMILES string of the molecule is Cc1ccc(Nc2nn(CN3CCC(O)CC3)c(=S)s2)c(C)c1. The zero-order valence-corrected chi connectivity index (χ0v) is 15.1. The fourth-order valence-electron chi connectivity index (χ4n) is 2.77. The third-order valence-electron chi connectivity index (χ3n) is 4.12. The van der Waals surface area contributed by atoms with Crippen molar-refractivity contribution < 1.29 is 5.11 Å². The fraction of sp³-hybridized carbons (Fsp3) is 0.500. The Morgan fingerprint density at radius 3 is 2.78 bits per heavy atom. The monoisotopic (exact) mass is 350 g/mol. The number of aryl methyl sites for hydroxylation is 2. The number of anilines is 2. The Labute approximate surface area is 145 Å². The first-order valence-electron chi connectivity index (χ1n) is 7.84. The van der Waals surface area contributed by atoms with Crippen LogP contribution in [-0.2, 0) is 6.67 Å². The number of likely N-dealkylation sites (tertiary alicyclic amines) is 1. The van der Waals surface area contributed by atoms with Crippen molar-refractivity contribution in [3.63, 3.8) is 0 Å². The predicted molar refractivity (Wildman–Crippen MR) is 97.0 cm³/mol. The summed E-state index contributed by atoms with van der Waals surface area (Å²) in [6, 6.07) is 6.31. The minimum absolute atomic E-state index is 0.156. The van der Waals surface area contributed by atoms with Crippen molar-refractivity contribution in [1.82, 2.24) is 14.7 Å². The Morgan fingerprint density at radius 1 is 1.35 bits per heavy atom. The summed E-state index contributed by atoms with van der Waals surface area (Å²) in [7, 11) is 0. The number of piperidine rings is 1. The molecule has 1 aromatic carbocycles. The van der Waals surface area contributed by atoms with Gasteiger partial charge < -0.3 is 10.4 Å². The fourth-order valence-corrected chi connectivity index (χ4v) is 3.77. The molecule has 1 aliphatic heterocycles. The molecule has 0 atom stereocenters. The normalized spacial score (nSPS) is 16.7. The molecule has 7 heteroatoms. The molecule has 0 aliphatic carbocycles. The number of rotatable bonds is 4. The van der Waals surface area contributed by atoms with E-state index in [-0.39, 0.29) is 6.10 Å². The van der Waals surface area contributed by atoms with Crippen molar-refractivity contribution >= 4 is 34.4 Å². The minimum Gasteiger partial charge on any atom is -0.393 e. The lowest BCUT2D eigenvalue weighted by atomic mass is 10.1. The molecule has 2 N–H and O–H groups in total. The smallest absolute Gasteiger partial charge is 0.209 e. The first kappa shape index (κ1) is 16.6. The summed E-state index contributed by atoms with van der Waals surface area (Å²) >= 11 is 6.93. The van der Waals surface area contributed by atoms with Gasteiger partial charge in [0.05, 0.1) is 12.8 Å². The second-order valence-corrected chi connectivity index (χ2v) is 7.73.